The fraction of sp³-hybridized carbons (Fsp3) is 0.583. The van der Waals surface area contributed by atoms with Gasteiger partial charge in [-0.3, -0.25) is 0 Å². The van der Waals surface area contributed by atoms with Crippen molar-refractivity contribution in [2.24, 2.45) is 0 Å². The Kier molecular flexibility index (Phi) is 4.97. The van der Waals surface area contributed by atoms with E-state index in [1.54, 1.807) is 0 Å². The van der Waals surface area contributed by atoms with Crippen LogP contribution in [0.3, 0.4) is 0 Å². The van der Waals surface area contributed by atoms with E-state index >= 15 is 0 Å². The lowest BCUT2D eigenvalue weighted by Crippen LogP contribution is -2.34. The zero-order valence-corrected chi connectivity index (χ0v) is 12.2. The summed E-state index contributed by atoms with van der Waals surface area (Å²) in [6, 6.07) is 0. The van der Waals surface area contributed by atoms with Crippen molar-refractivity contribution in [2.75, 3.05) is 18.0 Å². The Morgan fingerprint density at radius 1 is 0.870 bits per heavy atom. The second-order valence-electron chi connectivity index (χ2n) is 4.85. The van der Waals surface area contributed by atoms with Gasteiger partial charge >= 0.3 is 11.4 Å². The van der Waals surface area contributed by atoms with Gasteiger partial charge in [-0.2, -0.15) is 31.3 Å². The minimum atomic E-state index is -6.04. The molecule has 0 unspecified atom stereocenters. The summed E-state index contributed by atoms with van der Waals surface area (Å²) in [5, 5.41) is -5.47. The molecule has 2 heterocycles. The van der Waals surface area contributed by atoms with Crippen LogP contribution < -0.4 is 4.90 Å². The Bertz CT molecular complexity index is 583. The van der Waals surface area contributed by atoms with Crippen LogP contribution in [0.15, 0.2) is 4.90 Å². The summed E-state index contributed by atoms with van der Waals surface area (Å²) in [5.74, 6) is -6.58. The lowest BCUT2D eigenvalue weighted by atomic mass is 10.1. The van der Waals surface area contributed by atoms with E-state index in [-0.39, 0.29) is 13.1 Å². The van der Waals surface area contributed by atoms with Gasteiger partial charge in [0.1, 0.15) is 0 Å². The van der Waals surface area contributed by atoms with E-state index in [0.29, 0.717) is 12.8 Å². The predicted molar refractivity (Wildman–Crippen MR) is 67.0 cm³/mol. The van der Waals surface area contributed by atoms with Crippen LogP contribution >= 0.6 is 11.8 Å². The lowest BCUT2D eigenvalue weighted by Gasteiger charge is -2.28. The van der Waals surface area contributed by atoms with E-state index < -0.39 is 51.5 Å². The third-order valence-electron chi connectivity index (χ3n) is 3.20. The maximum atomic E-state index is 14.2. The first-order valence-electron chi connectivity index (χ1n) is 6.47. The van der Waals surface area contributed by atoms with Crippen LogP contribution in [0.25, 0.3) is 0 Å². The van der Waals surface area contributed by atoms with Crippen LogP contribution in [-0.2, 0) is 0 Å². The van der Waals surface area contributed by atoms with E-state index in [1.807, 2.05) is 0 Å². The summed E-state index contributed by atoms with van der Waals surface area (Å²) in [5.41, 5.74) is 0. The number of rotatable bonds is 3. The van der Waals surface area contributed by atoms with Crippen molar-refractivity contribution in [1.82, 2.24) is 4.98 Å². The standard InChI is InChI=1S/C12H10F8N2S/c13-6-8(23-12(19,20)11(16,17)18)7(14)10(21-9(6)15)22-4-2-1-3-5-22/h1-5H2. The van der Waals surface area contributed by atoms with Crippen LogP contribution in [0.1, 0.15) is 19.3 Å². The molecule has 0 amide bonds. The highest BCUT2D eigenvalue weighted by atomic mass is 32.2. The minimum Gasteiger partial charge on any atom is -0.354 e. The Labute approximate surface area is 129 Å². The topological polar surface area (TPSA) is 16.1 Å². The van der Waals surface area contributed by atoms with Crippen LogP contribution in [0.5, 0.6) is 0 Å². The number of hydrogen-bond acceptors (Lipinski definition) is 3. The molecule has 1 saturated heterocycles. The first-order valence-corrected chi connectivity index (χ1v) is 7.29. The summed E-state index contributed by atoms with van der Waals surface area (Å²) >= 11 is -1.42. The fourth-order valence-electron chi connectivity index (χ4n) is 2.07. The maximum Gasteiger partial charge on any atom is 0.464 e. The number of piperidine rings is 1. The van der Waals surface area contributed by atoms with E-state index in [1.165, 1.54) is 4.90 Å². The van der Waals surface area contributed by atoms with Crippen molar-refractivity contribution in [3.63, 3.8) is 0 Å². The second-order valence-corrected chi connectivity index (χ2v) is 5.97. The molecule has 0 saturated carbocycles. The van der Waals surface area contributed by atoms with Crippen LogP contribution in [-0.4, -0.2) is 29.5 Å². The van der Waals surface area contributed by atoms with Crippen LogP contribution in [0.4, 0.5) is 40.9 Å². The average Bonchev–Trinajstić information content (AvgIpc) is 2.47. The molecule has 130 valence electrons. The van der Waals surface area contributed by atoms with E-state index in [2.05, 4.69) is 4.98 Å². The van der Waals surface area contributed by atoms with Gasteiger partial charge in [0.15, 0.2) is 17.5 Å². The van der Waals surface area contributed by atoms with Crippen molar-refractivity contribution in [2.45, 2.75) is 35.6 Å². The average molecular weight is 366 g/mol. The number of halogens is 8. The Morgan fingerprint density at radius 2 is 1.43 bits per heavy atom. The van der Waals surface area contributed by atoms with Crippen molar-refractivity contribution in [3.05, 3.63) is 17.6 Å². The molecule has 23 heavy (non-hydrogen) atoms. The molecule has 0 radical (unpaired) electrons. The van der Waals surface area contributed by atoms with Crippen LogP contribution in [0, 0.1) is 17.6 Å². The SMILES string of the molecule is Fc1nc(N2CCCCC2)c(F)c(SC(F)(F)C(F)(F)F)c1F. The molecule has 2 rings (SSSR count). The number of thioether (sulfide) groups is 1. The highest BCUT2D eigenvalue weighted by molar-refractivity contribution is 8.00. The van der Waals surface area contributed by atoms with Gasteiger partial charge in [-0.25, -0.2) is 8.78 Å². The van der Waals surface area contributed by atoms with E-state index in [0.717, 1.165) is 6.42 Å². The number of pyridine rings is 1. The summed E-state index contributed by atoms with van der Waals surface area (Å²) in [6.45, 7) is 0.434. The summed E-state index contributed by atoms with van der Waals surface area (Å²) in [4.78, 5) is 2.47. The Hall–Kier alpha value is -1.26. The van der Waals surface area contributed by atoms with Gasteiger partial charge in [-0.1, -0.05) is 0 Å². The molecule has 1 aliphatic heterocycles. The van der Waals surface area contributed by atoms with Gasteiger partial charge in [-0.15, -0.1) is 0 Å². The number of nitrogens with zero attached hydrogens (tertiary/aromatic N) is 2. The fourth-order valence-corrected chi connectivity index (χ4v) is 2.80. The predicted octanol–water partition coefficient (Wildman–Crippen LogP) is 4.74. The Balaban J connectivity index is 2.44. The highest BCUT2D eigenvalue weighted by Crippen LogP contribution is 2.49. The smallest absolute Gasteiger partial charge is 0.354 e. The molecule has 1 aromatic rings. The number of anilines is 1. The van der Waals surface area contributed by atoms with Crippen molar-refractivity contribution in [3.8, 4) is 0 Å². The first kappa shape index (κ1) is 18.1. The molecule has 1 aromatic heterocycles. The second kappa shape index (κ2) is 6.33. The molecule has 0 aliphatic carbocycles. The first-order chi connectivity index (χ1) is 10.5. The van der Waals surface area contributed by atoms with Gasteiger partial charge in [0.05, 0.1) is 4.90 Å². The molecule has 0 N–H and O–H groups in total. The molecule has 11 heteroatoms. The van der Waals surface area contributed by atoms with E-state index in [9.17, 15) is 35.1 Å². The van der Waals surface area contributed by atoms with Gasteiger partial charge < -0.3 is 4.90 Å². The van der Waals surface area contributed by atoms with Crippen molar-refractivity contribution < 1.29 is 35.1 Å². The quantitative estimate of drug-likeness (QED) is 0.437. The molecule has 1 fully saturated rings. The van der Waals surface area contributed by atoms with Crippen molar-refractivity contribution >= 4 is 17.6 Å². The summed E-state index contributed by atoms with van der Waals surface area (Å²) in [7, 11) is 0. The maximum absolute atomic E-state index is 14.2. The summed E-state index contributed by atoms with van der Waals surface area (Å²) in [6.07, 6.45) is -4.07. The molecule has 1 aliphatic rings. The largest absolute Gasteiger partial charge is 0.464 e. The third kappa shape index (κ3) is 3.64. The molecule has 0 aromatic carbocycles. The number of alkyl halides is 5. The van der Waals surface area contributed by atoms with E-state index in [4.69, 9.17) is 0 Å². The molecule has 0 atom stereocenters. The van der Waals surface area contributed by atoms with Gasteiger partial charge in [-0.05, 0) is 31.0 Å². The van der Waals surface area contributed by atoms with Gasteiger partial charge in [0.2, 0.25) is 0 Å². The van der Waals surface area contributed by atoms with Crippen molar-refractivity contribution in [1.29, 1.82) is 0 Å². The van der Waals surface area contributed by atoms with Gasteiger partial charge in [0, 0.05) is 13.1 Å². The highest BCUT2D eigenvalue weighted by Gasteiger charge is 2.59. The zero-order valence-electron chi connectivity index (χ0n) is 11.4. The Morgan fingerprint density at radius 3 is 1.96 bits per heavy atom. The normalized spacial score (nSPS) is 16.8. The number of aromatic nitrogens is 1. The van der Waals surface area contributed by atoms with Gasteiger partial charge in [0.25, 0.3) is 5.95 Å². The lowest BCUT2D eigenvalue weighted by molar-refractivity contribution is -0.237. The molecule has 0 bridgehead atoms. The summed E-state index contributed by atoms with van der Waals surface area (Å²) < 4.78 is 104. The zero-order chi connectivity index (χ0) is 17.4. The molecular weight excluding hydrogens is 356 g/mol. The third-order valence-corrected chi connectivity index (χ3v) is 4.25. The molecular formula is C12H10F8N2S. The molecule has 0 spiro atoms. The van der Waals surface area contributed by atoms with Crippen LogP contribution in [0.2, 0.25) is 0 Å². The number of hydrogen-bond donors (Lipinski definition) is 0. The monoisotopic (exact) mass is 366 g/mol. The molecule has 2 nitrogen and oxygen atoms in total. The minimum absolute atomic E-state index is 0.217.